The van der Waals surface area contributed by atoms with Gasteiger partial charge >= 0.3 is 0 Å². The van der Waals surface area contributed by atoms with E-state index in [2.05, 4.69) is 49.2 Å². The molecule has 0 saturated carbocycles. The Labute approximate surface area is 116 Å². The molecule has 1 atom stereocenters. The van der Waals surface area contributed by atoms with Crippen molar-refractivity contribution >= 4 is 30.9 Å². The van der Waals surface area contributed by atoms with Crippen molar-refractivity contribution in [2.75, 3.05) is 6.26 Å². The Bertz CT molecular complexity index is 397. The number of thioether (sulfide) groups is 1. The van der Waals surface area contributed by atoms with E-state index < -0.39 is 8.07 Å². The number of nitrogens with one attached hydrogen (secondary N) is 1. The van der Waals surface area contributed by atoms with Crippen LogP contribution in [0.25, 0.3) is 0 Å². The molecule has 1 aromatic rings. The van der Waals surface area contributed by atoms with E-state index in [4.69, 9.17) is 0 Å². The van der Waals surface area contributed by atoms with Gasteiger partial charge in [-0.2, -0.15) is 11.8 Å². The predicted octanol–water partition coefficient (Wildman–Crippen LogP) is 2.60. The third kappa shape index (κ3) is 4.50. The average Bonchev–Trinajstić information content (AvgIpc) is 2.34. The van der Waals surface area contributed by atoms with E-state index in [0.717, 1.165) is 0 Å². The Balaban J connectivity index is 2.57. The molecule has 0 saturated heterocycles. The van der Waals surface area contributed by atoms with Crippen molar-refractivity contribution in [3.63, 3.8) is 0 Å². The Morgan fingerprint density at radius 3 is 2.28 bits per heavy atom. The van der Waals surface area contributed by atoms with Crippen LogP contribution in [0.1, 0.15) is 12.5 Å². The summed E-state index contributed by atoms with van der Waals surface area (Å²) in [6.07, 6.45) is 1.95. The van der Waals surface area contributed by atoms with Crippen LogP contribution in [-0.4, -0.2) is 25.5 Å². The van der Waals surface area contributed by atoms with Gasteiger partial charge in [0, 0.05) is 6.54 Å². The first-order valence-electron chi connectivity index (χ1n) is 6.24. The SMILES string of the molecule is CSC(C)C(=O)NCc1ccc([Si](C)(C)C)cc1. The second-order valence-electron chi connectivity index (χ2n) is 5.54. The molecule has 1 unspecified atom stereocenters. The summed E-state index contributed by atoms with van der Waals surface area (Å²) >= 11 is 1.57. The number of carbonyl (C=O) groups excluding carboxylic acids is 1. The van der Waals surface area contributed by atoms with Gasteiger partial charge in [-0.15, -0.1) is 0 Å². The molecule has 0 bridgehead atoms. The normalized spacial score (nSPS) is 13.2. The quantitative estimate of drug-likeness (QED) is 0.841. The lowest BCUT2D eigenvalue weighted by Gasteiger charge is -2.17. The van der Waals surface area contributed by atoms with Gasteiger partial charge < -0.3 is 5.32 Å². The van der Waals surface area contributed by atoms with Gasteiger partial charge in [-0.25, -0.2) is 0 Å². The molecular formula is C14H23NOSSi. The van der Waals surface area contributed by atoms with Crippen molar-refractivity contribution in [3.05, 3.63) is 29.8 Å². The fourth-order valence-electron chi connectivity index (χ4n) is 1.56. The number of amides is 1. The van der Waals surface area contributed by atoms with Gasteiger partial charge in [0.05, 0.1) is 13.3 Å². The second-order valence-corrected chi connectivity index (χ2v) is 11.8. The van der Waals surface area contributed by atoms with Gasteiger partial charge in [0.25, 0.3) is 0 Å². The number of benzene rings is 1. The molecule has 0 spiro atoms. The smallest absolute Gasteiger partial charge is 0.233 e. The summed E-state index contributed by atoms with van der Waals surface area (Å²) in [4.78, 5) is 11.6. The Morgan fingerprint density at radius 1 is 1.28 bits per heavy atom. The van der Waals surface area contributed by atoms with Gasteiger partial charge in [0.15, 0.2) is 0 Å². The molecule has 4 heteroatoms. The van der Waals surface area contributed by atoms with Crippen LogP contribution in [0.4, 0.5) is 0 Å². The van der Waals surface area contributed by atoms with Crippen LogP contribution in [0, 0.1) is 0 Å². The molecule has 2 nitrogen and oxygen atoms in total. The average molecular weight is 281 g/mol. The zero-order chi connectivity index (χ0) is 13.8. The van der Waals surface area contributed by atoms with E-state index in [-0.39, 0.29) is 11.2 Å². The predicted molar refractivity (Wildman–Crippen MR) is 84.2 cm³/mol. The van der Waals surface area contributed by atoms with E-state index in [1.807, 2.05) is 13.2 Å². The fraction of sp³-hybridized carbons (Fsp3) is 0.500. The summed E-state index contributed by atoms with van der Waals surface area (Å²) in [6.45, 7) is 9.56. The highest BCUT2D eigenvalue weighted by atomic mass is 32.2. The van der Waals surface area contributed by atoms with Gasteiger partial charge in [-0.1, -0.05) is 49.1 Å². The molecule has 0 radical (unpaired) electrons. The summed E-state index contributed by atoms with van der Waals surface area (Å²) in [7, 11) is -1.22. The maximum Gasteiger partial charge on any atom is 0.233 e. The minimum atomic E-state index is -1.22. The van der Waals surface area contributed by atoms with Crippen molar-refractivity contribution in [2.45, 2.75) is 38.4 Å². The molecular weight excluding hydrogens is 258 g/mol. The second kappa shape index (κ2) is 6.43. The maximum atomic E-state index is 11.6. The first-order chi connectivity index (χ1) is 8.34. The van der Waals surface area contributed by atoms with Crippen LogP contribution in [0.5, 0.6) is 0 Å². The number of hydrogen-bond acceptors (Lipinski definition) is 2. The van der Waals surface area contributed by atoms with Crippen molar-refractivity contribution in [1.29, 1.82) is 0 Å². The lowest BCUT2D eigenvalue weighted by Crippen LogP contribution is -2.37. The van der Waals surface area contributed by atoms with Gasteiger partial charge in [-0.3, -0.25) is 4.79 Å². The molecule has 0 aliphatic rings. The Morgan fingerprint density at radius 2 is 1.83 bits per heavy atom. The van der Waals surface area contributed by atoms with Crippen LogP contribution in [-0.2, 0) is 11.3 Å². The van der Waals surface area contributed by atoms with E-state index in [9.17, 15) is 4.79 Å². The fourth-order valence-corrected chi connectivity index (χ4v) is 3.03. The molecule has 0 aliphatic carbocycles. The number of rotatable bonds is 5. The molecule has 18 heavy (non-hydrogen) atoms. The molecule has 1 aromatic carbocycles. The first-order valence-corrected chi connectivity index (χ1v) is 11.0. The van der Waals surface area contributed by atoms with Crippen molar-refractivity contribution < 1.29 is 4.79 Å². The number of hydrogen-bond donors (Lipinski definition) is 1. The van der Waals surface area contributed by atoms with Crippen LogP contribution in [0.15, 0.2) is 24.3 Å². The topological polar surface area (TPSA) is 29.1 Å². The van der Waals surface area contributed by atoms with E-state index in [1.54, 1.807) is 11.8 Å². The van der Waals surface area contributed by atoms with Crippen LogP contribution >= 0.6 is 11.8 Å². The molecule has 1 N–H and O–H groups in total. The minimum Gasteiger partial charge on any atom is -0.351 e. The molecule has 0 fully saturated rings. The van der Waals surface area contributed by atoms with Crippen LogP contribution < -0.4 is 10.5 Å². The maximum absolute atomic E-state index is 11.6. The zero-order valence-electron chi connectivity index (χ0n) is 11.9. The van der Waals surface area contributed by atoms with E-state index in [1.165, 1.54) is 10.8 Å². The third-order valence-electron chi connectivity index (χ3n) is 3.01. The van der Waals surface area contributed by atoms with Crippen molar-refractivity contribution in [2.24, 2.45) is 0 Å². The lowest BCUT2D eigenvalue weighted by atomic mass is 10.2. The van der Waals surface area contributed by atoms with E-state index >= 15 is 0 Å². The van der Waals surface area contributed by atoms with Gasteiger partial charge in [-0.05, 0) is 18.7 Å². The number of carbonyl (C=O) groups is 1. The van der Waals surface area contributed by atoms with Crippen LogP contribution in [0.3, 0.4) is 0 Å². The molecule has 1 rings (SSSR count). The molecule has 0 aliphatic heterocycles. The monoisotopic (exact) mass is 281 g/mol. The molecule has 0 heterocycles. The lowest BCUT2D eigenvalue weighted by molar-refractivity contribution is -0.120. The van der Waals surface area contributed by atoms with Crippen molar-refractivity contribution in [3.8, 4) is 0 Å². The summed E-state index contributed by atoms with van der Waals surface area (Å²) in [5, 5.41) is 4.43. The summed E-state index contributed by atoms with van der Waals surface area (Å²) in [6, 6.07) is 8.65. The highest BCUT2D eigenvalue weighted by molar-refractivity contribution is 7.99. The molecule has 0 aromatic heterocycles. The van der Waals surface area contributed by atoms with Crippen LogP contribution in [0.2, 0.25) is 19.6 Å². The van der Waals surface area contributed by atoms with Gasteiger partial charge in [0.1, 0.15) is 0 Å². The summed E-state index contributed by atoms with van der Waals surface area (Å²) < 4.78 is 0. The zero-order valence-corrected chi connectivity index (χ0v) is 13.7. The molecule has 100 valence electrons. The third-order valence-corrected chi connectivity index (χ3v) is 6.00. The Kier molecular flexibility index (Phi) is 5.47. The highest BCUT2D eigenvalue weighted by Crippen LogP contribution is 2.07. The van der Waals surface area contributed by atoms with Gasteiger partial charge in [0.2, 0.25) is 5.91 Å². The standard InChI is InChI=1S/C14H23NOSSi/c1-11(17-2)14(16)15-10-12-6-8-13(9-7-12)18(3,4)5/h6-9,11H,10H2,1-5H3,(H,15,16). The largest absolute Gasteiger partial charge is 0.351 e. The van der Waals surface area contributed by atoms with Crippen molar-refractivity contribution in [1.82, 2.24) is 5.32 Å². The highest BCUT2D eigenvalue weighted by Gasteiger charge is 2.15. The Hall–Kier alpha value is -0.743. The van der Waals surface area contributed by atoms with E-state index in [0.29, 0.717) is 6.54 Å². The minimum absolute atomic E-state index is 0.0197. The molecule has 1 amide bonds. The summed E-state index contributed by atoms with van der Waals surface area (Å²) in [5.41, 5.74) is 1.17. The summed E-state index contributed by atoms with van der Waals surface area (Å²) in [5.74, 6) is 0.108. The first kappa shape index (κ1) is 15.3.